The molecule has 0 amide bonds. The monoisotopic (exact) mass is 318 g/mol. The molecule has 1 atom stereocenters. The summed E-state index contributed by atoms with van der Waals surface area (Å²) in [4.78, 5) is 11.5. The maximum Gasteiger partial charge on any atom is 0.161 e. The van der Waals surface area contributed by atoms with Gasteiger partial charge in [0.1, 0.15) is 5.82 Å². The predicted molar refractivity (Wildman–Crippen MR) is 88.0 cm³/mol. The highest BCUT2D eigenvalue weighted by atomic mass is 35.5. The van der Waals surface area contributed by atoms with Crippen LogP contribution in [0.1, 0.15) is 12.1 Å². The number of nitrogens with zero attached hydrogens (tertiary/aromatic N) is 3. The molecule has 1 saturated heterocycles. The van der Waals surface area contributed by atoms with E-state index < -0.39 is 0 Å². The van der Waals surface area contributed by atoms with E-state index in [0.717, 1.165) is 36.6 Å². The Morgan fingerprint density at radius 2 is 2.23 bits per heavy atom. The molecular formula is C16H19ClN4O. The average Bonchev–Trinajstić information content (AvgIpc) is 2.94. The van der Waals surface area contributed by atoms with E-state index in [0.29, 0.717) is 17.5 Å². The normalized spacial score (nSPS) is 18.0. The number of methoxy groups -OCH3 is 1. The minimum atomic E-state index is 0.204. The van der Waals surface area contributed by atoms with Crippen molar-refractivity contribution >= 4 is 17.4 Å². The molecule has 0 aliphatic carbocycles. The number of nitrogens with two attached hydrogens (primary N) is 1. The molecule has 116 valence electrons. The fraction of sp³-hybridized carbons (Fsp3) is 0.375. The number of rotatable bonds is 4. The van der Waals surface area contributed by atoms with E-state index in [1.165, 1.54) is 0 Å². The summed E-state index contributed by atoms with van der Waals surface area (Å²) in [6.45, 7) is 2.18. The van der Waals surface area contributed by atoms with E-state index in [-0.39, 0.29) is 6.04 Å². The van der Waals surface area contributed by atoms with Crippen molar-refractivity contribution in [2.24, 2.45) is 5.73 Å². The molecule has 1 aromatic heterocycles. The first-order valence-corrected chi connectivity index (χ1v) is 7.67. The topological polar surface area (TPSA) is 64.3 Å². The first kappa shape index (κ1) is 15.2. The van der Waals surface area contributed by atoms with Gasteiger partial charge in [-0.25, -0.2) is 9.97 Å². The average molecular weight is 319 g/mol. The fourth-order valence-electron chi connectivity index (χ4n) is 2.62. The number of hydrogen-bond donors (Lipinski definition) is 1. The molecule has 1 unspecified atom stereocenters. The van der Waals surface area contributed by atoms with Gasteiger partial charge in [0.2, 0.25) is 0 Å². The summed E-state index contributed by atoms with van der Waals surface area (Å²) in [5, 5.41) is 0.669. The van der Waals surface area contributed by atoms with Crippen LogP contribution in [0.3, 0.4) is 0 Å². The van der Waals surface area contributed by atoms with Gasteiger partial charge in [0.15, 0.2) is 5.82 Å². The Morgan fingerprint density at radius 3 is 2.91 bits per heavy atom. The van der Waals surface area contributed by atoms with Gasteiger partial charge < -0.3 is 15.4 Å². The highest BCUT2D eigenvalue weighted by molar-refractivity contribution is 6.30. The van der Waals surface area contributed by atoms with E-state index in [9.17, 15) is 0 Å². The lowest BCUT2D eigenvalue weighted by Gasteiger charge is -2.18. The fourth-order valence-corrected chi connectivity index (χ4v) is 2.81. The minimum Gasteiger partial charge on any atom is -0.378 e. The van der Waals surface area contributed by atoms with Gasteiger partial charge in [-0.05, 0) is 18.6 Å². The van der Waals surface area contributed by atoms with Crippen LogP contribution in [0.15, 0.2) is 30.3 Å². The Labute approximate surface area is 135 Å². The van der Waals surface area contributed by atoms with Crippen molar-refractivity contribution in [2.45, 2.75) is 19.1 Å². The molecule has 1 fully saturated rings. The van der Waals surface area contributed by atoms with E-state index in [4.69, 9.17) is 22.1 Å². The molecule has 3 rings (SSSR count). The van der Waals surface area contributed by atoms with Crippen molar-refractivity contribution < 1.29 is 4.74 Å². The van der Waals surface area contributed by atoms with Crippen LogP contribution in [0, 0.1) is 0 Å². The number of hydrogen-bond acceptors (Lipinski definition) is 5. The zero-order valence-corrected chi connectivity index (χ0v) is 13.3. The molecule has 2 heterocycles. The second-order valence-electron chi connectivity index (χ2n) is 5.48. The van der Waals surface area contributed by atoms with Crippen LogP contribution in [-0.4, -0.2) is 36.2 Å². The van der Waals surface area contributed by atoms with Crippen LogP contribution in [0.5, 0.6) is 0 Å². The number of benzene rings is 1. The van der Waals surface area contributed by atoms with Crippen molar-refractivity contribution in [2.75, 3.05) is 25.1 Å². The van der Waals surface area contributed by atoms with E-state index in [1.807, 2.05) is 30.3 Å². The highest BCUT2D eigenvalue weighted by Crippen LogP contribution is 2.24. The maximum atomic E-state index is 6.07. The second kappa shape index (κ2) is 6.60. The molecule has 5 nitrogen and oxygen atoms in total. The molecule has 6 heteroatoms. The Morgan fingerprint density at radius 1 is 1.36 bits per heavy atom. The van der Waals surface area contributed by atoms with Crippen LogP contribution in [0.4, 0.5) is 5.82 Å². The standard InChI is InChI=1S/C16H19ClN4O/c1-22-10-14-8-15(21-6-5-13(18)9-21)20-16(19-14)11-3-2-4-12(17)7-11/h2-4,7-8,13H,5-6,9-10,18H2,1H3. The number of anilines is 1. The van der Waals surface area contributed by atoms with Gasteiger partial charge in [0.05, 0.1) is 12.3 Å². The minimum absolute atomic E-state index is 0.204. The van der Waals surface area contributed by atoms with E-state index >= 15 is 0 Å². The third kappa shape index (κ3) is 3.38. The summed E-state index contributed by atoms with van der Waals surface area (Å²) in [5.41, 5.74) is 7.75. The Bertz CT molecular complexity index is 664. The Hall–Kier alpha value is -1.69. The second-order valence-corrected chi connectivity index (χ2v) is 5.92. The molecule has 0 spiro atoms. The van der Waals surface area contributed by atoms with E-state index in [2.05, 4.69) is 14.9 Å². The van der Waals surface area contributed by atoms with Crippen LogP contribution in [0.2, 0.25) is 5.02 Å². The summed E-state index contributed by atoms with van der Waals surface area (Å²) in [6, 6.07) is 9.73. The number of aromatic nitrogens is 2. The van der Waals surface area contributed by atoms with Gasteiger partial charge in [-0.1, -0.05) is 23.7 Å². The summed E-state index contributed by atoms with van der Waals surface area (Å²) in [6.07, 6.45) is 0.982. The zero-order chi connectivity index (χ0) is 15.5. The smallest absolute Gasteiger partial charge is 0.161 e. The predicted octanol–water partition coefficient (Wildman–Crippen LogP) is 2.48. The van der Waals surface area contributed by atoms with Crippen molar-refractivity contribution in [3.8, 4) is 11.4 Å². The summed E-state index contributed by atoms with van der Waals surface area (Å²) < 4.78 is 5.22. The van der Waals surface area contributed by atoms with Gasteiger partial charge in [0.25, 0.3) is 0 Å². The first-order valence-electron chi connectivity index (χ1n) is 7.29. The van der Waals surface area contributed by atoms with Gasteiger partial charge in [0, 0.05) is 42.9 Å². The first-order chi connectivity index (χ1) is 10.7. The van der Waals surface area contributed by atoms with Crippen molar-refractivity contribution in [3.05, 3.63) is 41.0 Å². The van der Waals surface area contributed by atoms with Crippen LogP contribution >= 0.6 is 11.6 Å². The van der Waals surface area contributed by atoms with Crippen LogP contribution in [-0.2, 0) is 11.3 Å². The highest BCUT2D eigenvalue weighted by Gasteiger charge is 2.21. The van der Waals surface area contributed by atoms with Gasteiger partial charge in [-0.3, -0.25) is 0 Å². The quantitative estimate of drug-likeness (QED) is 0.938. The van der Waals surface area contributed by atoms with E-state index in [1.54, 1.807) is 7.11 Å². The van der Waals surface area contributed by atoms with Crippen molar-refractivity contribution in [1.29, 1.82) is 0 Å². The lowest BCUT2D eigenvalue weighted by Crippen LogP contribution is -2.27. The lowest BCUT2D eigenvalue weighted by molar-refractivity contribution is 0.181. The zero-order valence-electron chi connectivity index (χ0n) is 12.5. The summed E-state index contributed by atoms with van der Waals surface area (Å²) in [7, 11) is 1.66. The lowest BCUT2D eigenvalue weighted by atomic mass is 10.2. The van der Waals surface area contributed by atoms with Gasteiger partial charge >= 0.3 is 0 Å². The number of halogens is 1. The third-order valence-corrected chi connectivity index (χ3v) is 3.92. The van der Waals surface area contributed by atoms with Crippen LogP contribution in [0.25, 0.3) is 11.4 Å². The van der Waals surface area contributed by atoms with Gasteiger partial charge in [-0.15, -0.1) is 0 Å². The summed E-state index contributed by atoms with van der Waals surface area (Å²) in [5.74, 6) is 1.55. The molecular weight excluding hydrogens is 300 g/mol. The summed E-state index contributed by atoms with van der Waals surface area (Å²) >= 11 is 6.07. The number of ether oxygens (including phenoxy) is 1. The van der Waals surface area contributed by atoms with Crippen molar-refractivity contribution in [3.63, 3.8) is 0 Å². The van der Waals surface area contributed by atoms with Crippen molar-refractivity contribution in [1.82, 2.24) is 9.97 Å². The molecule has 2 N–H and O–H groups in total. The third-order valence-electron chi connectivity index (χ3n) is 3.69. The molecule has 0 radical (unpaired) electrons. The van der Waals surface area contributed by atoms with Crippen LogP contribution < -0.4 is 10.6 Å². The molecule has 0 saturated carbocycles. The molecule has 1 aromatic carbocycles. The Kier molecular flexibility index (Phi) is 4.57. The van der Waals surface area contributed by atoms with Gasteiger partial charge in [-0.2, -0.15) is 0 Å². The largest absolute Gasteiger partial charge is 0.378 e. The molecule has 1 aliphatic heterocycles. The molecule has 2 aromatic rings. The SMILES string of the molecule is COCc1cc(N2CCC(N)C2)nc(-c2cccc(Cl)c2)n1. The Balaban J connectivity index is 2.00. The maximum absolute atomic E-state index is 6.07. The molecule has 22 heavy (non-hydrogen) atoms. The molecule has 1 aliphatic rings. The molecule has 0 bridgehead atoms.